The van der Waals surface area contributed by atoms with Crippen molar-refractivity contribution in [1.29, 1.82) is 0 Å². The zero-order chi connectivity index (χ0) is 21.4. The van der Waals surface area contributed by atoms with Crippen molar-refractivity contribution in [2.24, 2.45) is 5.92 Å². The molecule has 158 valence electrons. The Morgan fingerprint density at radius 1 is 1.10 bits per heavy atom. The first-order chi connectivity index (χ1) is 13.7. The maximum Gasteiger partial charge on any atom is 0.322 e. The molecule has 0 bridgehead atoms. The van der Waals surface area contributed by atoms with Crippen LogP contribution in [0, 0.1) is 5.92 Å². The van der Waals surface area contributed by atoms with Gasteiger partial charge in [-0.3, -0.25) is 0 Å². The first-order valence-corrected chi connectivity index (χ1v) is 11.5. The second-order valence-electron chi connectivity index (χ2n) is 7.29. The fourth-order valence-electron chi connectivity index (χ4n) is 2.93. The van der Waals surface area contributed by atoms with E-state index in [1.165, 1.54) is 6.92 Å². The van der Waals surface area contributed by atoms with Gasteiger partial charge in [-0.15, -0.1) is 0 Å². The lowest BCUT2D eigenvalue weighted by Crippen LogP contribution is -2.37. The van der Waals surface area contributed by atoms with Crippen LogP contribution in [0.4, 0.5) is 10.5 Å². The topological polar surface area (TPSA) is 75.7 Å². The van der Waals surface area contributed by atoms with Gasteiger partial charge in [-0.1, -0.05) is 51.1 Å². The predicted octanol–water partition coefficient (Wildman–Crippen LogP) is 4.67. The van der Waals surface area contributed by atoms with Crippen molar-refractivity contribution < 1.29 is 17.4 Å². The molecule has 1 N–H and O–H groups in total. The van der Waals surface area contributed by atoms with Crippen LogP contribution in [-0.2, 0) is 23.1 Å². The van der Waals surface area contributed by atoms with Crippen LogP contribution in [0.3, 0.4) is 0 Å². The van der Waals surface area contributed by atoms with E-state index in [9.17, 15) is 13.2 Å². The summed E-state index contributed by atoms with van der Waals surface area (Å²) in [7, 11) is -3.59. The molecule has 0 unspecified atom stereocenters. The average Bonchev–Trinajstić information content (AvgIpc) is 2.67. The fraction of sp³-hybridized carbons (Fsp3) is 0.409. The predicted molar refractivity (Wildman–Crippen MR) is 117 cm³/mol. The Morgan fingerprint density at radius 2 is 1.83 bits per heavy atom. The molecule has 0 spiro atoms. The van der Waals surface area contributed by atoms with E-state index in [4.69, 9.17) is 4.18 Å². The summed E-state index contributed by atoms with van der Waals surface area (Å²) in [6, 6.07) is 14.4. The minimum absolute atomic E-state index is 0.101. The molecule has 0 aromatic heterocycles. The third-order valence-corrected chi connectivity index (χ3v) is 5.51. The summed E-state index contributed by atoms with van der Waals surface area (Å²) in [5.74, 6) is 0.434. The Balaban J connectivity index is 2.19. The Morgan fingerprint density at radius 3 is 2.48 bits per heavy atom. The fourth-order valence-corrected chi connectivity index (χ4v) is 3.44. The van der Waals surface area contributed by atoms with Crippen LogP contribution < -0.4 is 9.50 Å². The zero-order valence-corrected chi connectivity index (χ0v) is 18.3. The minimum atomic E-state index is -3.59. The molecule has 0 radical (unpaired) electrons. The number of nitrogens with zero attached hydrogens (tertiary/aromatic N) is 1. The minimum Gasteiger partial charge on any atom is -0.382 e. The van der Waals surface area contributed by atoms with Crippen LogP contribution >= 0.6 is 0 Å². The van der Waals surface area contributed by atoms with Gasteiger partial charge in [0.15, 0.2) is 0 Å². The maximum atomic E-state index is 13.0. The molecule has 0 aliphatic carbocycles. The third-order valence-electron chi connectivity index (χ3n) is 4.36. The van der Waals surface area contributed by atoms with Crippen LogP contribution in [0.25, 0.3) is 0 Å². The van der Waals surface area contributed by atoms with Crippen molar-refractivity contribution in [3.63, 3.8) is 0 Å². The van der Waals surface area contributed by atoms with Crippen molar-refractivity contribution in [1.82, 2.24) is 4.90 Å². The van der Waals surface area contributed by atoms with E-state index in [-0.39, 0.29) is 23.5 Å². The molecule has 0 saturated carbocycles. The van der Waals surface area contributed by atoms with Gasteiger partial charge in [-0.2, -0.15) is 8.42 Å². The van der Waals surface area contributed by atoms with Gasteiger partial charge in [-0.25, -0.2) is 4.79 Å². The van der Waals surface area contributed by atoms with Crippen LogP contribution in [0.1, 0.15) is 38.8 Å². The number of para-hydroxylation sites is 1. The highest BCUT2D eigenvalue weighted by molar-refractivity contribution is 7.87. The average molecular weight is 419 g/mol. The second-order valence-corrected chi connectivity index (χ2v) is 9.15. The van der Waals surface area contributed by atoms with E-state index in [1.807, 2.05) is 51.1 Å². The normalized spacial score (nSPS) is 11.3. The number of nitrogens with one attached hydrogen (secondary N) is 1. The number of hydrogen-bond donors (Lipinski definition) is 1. The lowest BCUT2D eigenvalue weighted by Gasteiger charge is -2.26. The first-order valence-electron chi connectivity index (χ1n) is 9.89. The smallest absolute Gasteiger partial charge is 0.322 e. The molecule has 29 heavy (non-hydrogen) atoms. The number of anilines is 1. The number of rotatable bonds is 9. The molecule has 0 saturated heterocycles. The summed E-state index contributed by atoms with van der Waals surface area (Å²) in [6.45, 7) is 8.59. The Hall–Kier alpha value is -2.54. The maximum absolute atomic E-state index is 13.0. The molecular formula is C22H30N2O4S. The molecule has 2 amide bonds. The third kappa shape index (κ3) is 7.09. The van der Waals surface area contributed by atoms with Gasteiger partial charge in [-0.05, 0) is 48.6 Å². The van der Waals surface area contributed by atoms with Gasteiger partial charge < -0.3 is 14.4 Å². The largest absolute Gasteiger partial charge is 0.382 e. The molecule has 0 aliphatic rings. The molecule has 0 heterocycles. The summed E-state index contributed by atoms with van der Waals surface area (Å²) in [6.07, 6.45) is 0.825. The zero-order valence-electron chi connectivity index (χ0n) is 17.5. The van der Waals surface area contributed by atoms with E-state index in [0.29, 0.717) is 13.1 Å². The number of aryl methyl sites for hydroxylation is 1. The van der Waals surface area contributed by atoms with Crippen molar-refractivity contribution in [2.75, 3.05) is 17.6 Å². The lowest BCUT2D eigenvalue weighted by molar-refractivity contribution is 0.201. The molecule has 6 nitrogen and oxygen atoms in total. The van der Waals surface area contributed by atoms with E-state index >= 15 is 0 Å². The number of benzene rings is 2. The molecule has 7 heteroatoms. The Labute approximate surface area is 174 Å². The summed E-state index contributed by atoms with van der Waals surface area (Å²) in [5, 5.41) is 3.01. The number of carbonyl (C=O) groups excluding carboxylic acids is 1. The quantitative estimate of drug-likeness (QED) is 0.601. The monoisotopic (exact) mass is 418 g/mol. The molecule has 2 rings (SSSR count). The van der Waals surface area contributed by atoms with Gasteiger partial charge in [0.25, 0.3) is 0 Å². The summed E-state index contributed by atoms with van der Waals surface area (Å²) in [4.78, 5) is 14.7. The number of urea groups is 1. The lowest BCUT2D eigenvalue weighted by atomic mass is 10.1. The van der Waals surface area contributed by atoms with Crippen molar-refractivity contribution in [2.45, 2.75) is 40.7 Å². The molecule has 0 atom stereocenters. The first kappa shape index (κ1) is 22.7. The second kappa shape index (κ2) is 10.3. The SMILES string of the molecule is CCc1ccccc1NC(=O)N(Cc1cccc(OS(=O)(=O)CC)c1)CC(C)C. The van der Waals surface area contributed by atoms with Gasteiger partial charge in [0, 0.05) is 18.8 Å². The van der Waals surface area contributed by atoms with E-state index < -0.39 is 10.1 Å². The van der Waals surface area contributed by atoms with Crippen LogP contribution in [0.5, 0.6) is 5.75 Å². The van der Waals surface area contributed by atoms with Crippen molar-refractivity contribution in [3.05, 3.63) is 59.7 Å². The standard InChI is InChI=1S/C22H30N2O4S/c1-5-19-11-7-8-13-21(19)23-22(25)24(15-17(3)4)16-18-10-9-12-20(14-18)28-29(26,27)6-2/h7-14,17H,5-6,15-16H2,1-4H3,(H,23,25). The highest BCUT2D eigenvalue weighted by Crippen LogP contribution is 2.20. The van der Waals surface area contributed by atoms with Crippen LogP contribution in [0.15, 0.2) is 48.5 Å². The summed E-state index contributed by atoms with van der Waals surface area (Å²) >= 11 is 0. The Bertz CT molecular complexity index is 926. The number of amides is 2. The summed E-state index contributed by atoms with van der Waals surface area (Å²) < 4.78 is 28.5. The highest BCUT2D eigenvalue weighted by Gasteiger charge is 2.17. The Kier molecular flexibility index (Phi) is 8.08. The van der Waals surface area contributed by atoms with Gasteiger partial charge in [0.05, 0.1) is 5.75 Å². The van der Waals surface area contributed by atoms with Crippen LogP contribution in [0.2, 0.25) is 0 Å². The molecular weight excluding hydrogens is 388 g/mol. The van der Waals surface area contributed by atoms with E-state index in [2.05, 4.69) is 5.32 Å². The van der Waals surface area contributed by atoms with E-state index in [1.54, 1.807) is 23.1 Å². The molecule has 2 aromatic carbocycles. The highest BCUT2D eigenvalue weighted by atomic mass is 32.2. The van der Waals surface area contributed by atoms with E-state index in [0.717, 1.165) is 23.2 Å². The molecule has 0 aliphatic heterocycles. The molecule has 0 fully saturated rings. The summed E-state index contributed by atoms with van der Waals surface area (Å²) in [5.41, 5.74) is 2.68. The van der Waals surface area contributed by atoms with Crippen LogP contribution in [-0.4, -0.2) is 31.6 Å². The number of hydrogen-bond acceptors (Lipinski definition) is 4. The molecule has 2 aromatic rings. The van der Waals surface area contributed by atoms with Crippen molar-refractivity contribution in [3.8, 4) is 5.75 Å². The van der Waals surface area contributed by atoms with Gasteiger partial charge >= 0.3 is 16.1 Å². The van der Waals surface area contributed by atoms with Gasteiger partial charge in [0.2, 0.25) is 0 Å². The van der Waals surface area contributed by atoms with Crippen molar-refractivity contribution >= 4 is 21.8 Å². The van der Waals surface area contributed by atoms with Gasteiger partial charge in [0.1, 0.15) is 5.75 Å². The number of carbonyl (C=O) groups is 1.